The molecule has 3 nitrogen and oxygen atoms in total. The molecule has 0 N–H and O–H groups in total. The summed E-state index contributed by atoms with van der Waals surface area (Å²) in [4.78, 5) is 2.30. The van der Waals surface area contributed by atoms with Crippen molar-refractivity contribution in [2.45, 2.75) is 12.4 Å². The largest absolute Gasteiger partial charge is 0.573 e. The van der Waals surface area contributed by atoms with Crippen LogP contribution in [0.2, 0.25) is 0 Å². The van der Waals surface area contributed by atoms with E-state index in [0.717, 1.165) is 30.8 Å². The number of methoxy groups -OCH3 is 1. The Morgan fingerprint density at radius 3 is 2.16 bits per heavy atom. The first-order chi connectivity index (χ1) is 12.0. The molecule has 0 spiro atoms. The van der Waals surface area contributed by atoms with Crippen molar-refractivity contribution < 1.29 is 22.6 Å². The molecule has 1 aliphatic rings. The first-order valence-corrected chi connectivity index (χ1v) is 8.10. The molecule has 1 aliphatic heterocycles. The van der Waals surface area contributed by atoms with Gasteiger partial charge in [0, 0.05) is 26.1 Å². The van der Waals surface area contributed by atoms with Crippen molar-refractivity contribution >= 4 is 0 Å². The molecule has 0 radical (unpaired) electrons. The van der Waals surface area contributed by atoms with E-state index in [0.29, 0.717) is 5.92 Å². The topological polar surface area (TPSA) is 21.7 Å². The Balaban J connectivity index is 1.80. The van der Waals surface area contributed by atoms with Crippen molar-refractivity contribution in [3.05, 3.63) is 65.7 Å². The Morgan fingerprint density at radius 1 is 1.00 bits per heavy atom. The zero-order valence-electron chi connectivity index (χ0n) is 13.9. The third-order valence-corrected chi connectivity index (χ3v) is 4.30. The quantitative estimate of drug-likeness (QED) is 0.776. The average molecular weight is 351 g/mol. The third-order valence-electron chi connectivity index (χ3n) is 4.30. The molecule has 0 aromatic heterocycles. The molecule has 1 unspecified atom stereocenters. The standard InChI is InChI=1S/C19H20F3NO2/c1-24-13-14-11-23(12-14)18(15-5-3-2-4-6-15)16-7-9-17(10-8-16)25-19(20,21)22/h2-10,14,18H,11-13H2,1H3. The van der Waals surface area contributed by atoms with Gasteiger partial charge in [-0.05, 0) is 23.3 Å². The molecule has 134 valence electrons. The minimum absolute atomic E-state index is 0.00856. The first kappa shape index (κ1) is 17.8. The molecule has 3 rings (SSSR count). The minimum atomic E-state index is -4.68. The monoisotopic (exact) mass is 351 g/mol. The van der Waals surface area contributed by atoms with Gasteiger partial charge in [0.05, 0.1) is 12.6 Å². The molecule has 0 bridgehead atoms. The van der Waals surface area contributed by atoms with E-state index in [-0.39, 0.29) is 11.8 Å². The van der Waals surface area contributed by atoms with Crippen LogP contribution in [0.15, 0.2) is 54.6 Å². The predicted molar refractivity (Wildman–Crippen MR) is 88.3 cm³/mol. The second-order valence-electron chi connectivity index (χ2n) is 6.21. The van der Waals surface area contributed by atoms with Crippen LogP contribution in [0.25, 0.3) is 0 Å². The van der Waals surface area contributed by atoms with Gasteiger partial charge in [-0.1, -0.05) is 42.5 Å². The second kappa shape index (κ2) is 7.45. The molecular formula is C19H20F3NO2. The molecule has 25 heavy (non-hydrogen) atoms. The van der Waals surface area contributed by atoms with Crippen LogP contribution in [0.3, 0.4) is 0 Å². The number of hydrogen-bond acceptors (Lipinski definition) is 3. The van der Waals surface area contributed by atoms with Gasteiger partial charge in [0.15, 0.2) is 0 Å². The number of ether oxygens (including phenoxy) is 2. The Bertz CT molecular complexity index is 667. The van der Waals surface area contributed by atoms with E-state index in [1.807, 2.05) is 30.3 Å². The molecule has 0 aliphatic carbocycles. The lowest BCUT2D eigenvalue weighted by molar-refractivity contribution is -0.274. The fraction of sp³-hybridized carbons (Fsp3) is 0.368. The van der Waals surface area contributed by atoms with Gasteiger partial charge in [-0.25, -0.2) is 0 Å². The Morgan fingerprint density at radius 2 is 1.60 bits per heavy atom. The SMILES string of the molecule is COCC1CN(C(c2ccccc2)c2ccc(OC(F)(F)F)cc2)C1. The average Bonchev–Trinajstić information content (AvgIpc) is 2.54. The first-order valence-electron chi connectivity index (χ1n) is 8.10. The van der Waals surface area contributed by atoms with E-state index in [9.17, 15) is 13.2 Å². The van der Waals surface area contributed by atoms with Gasteiger partial charge in [0.1, 0.15) is 5.75 Å². The lowest BCUT2D eigenvalue weighted by Crippen LogP contribution is -2.50. The van der Waals surface area contributed by atoms with Gasteiger partial charge in [-0.15, -0.1) is 13.2 Å². The minimum Gasteiger partial charge on any atom is -0.406 e. The Hall–Kier alpha value is -2.05. The normalized spacial score (nSPS) is 17.1. The smallest absolute Gasteiger partial charge is 0.406 e. The van der Waals surface area contributed by atoms with Crippen molar-refractivity contribution in [3.8, 4) is 5.75 Å². The number of hydrogen-bond donors (Lipinski definition) is 0. The number of benzene rings is 2. The van der Waals surface area contributed by atoms with Crippen LogP contribution in [0.5, 0.6) is 5.75 Å². The summed E-state index contributed by atoms with van der Waals surface area (Å²) in [6.07, 6.45) is -4.68. The van der Waals surface area contributed by atoms with Crippen molar-refractivity contribution in [2.75, 3.05) is 26.8 Å². The summed E-state index contributed by atoms with van der Waals surface area (Å²) in [6.45, 7) is 2.51. The zero-order chi connectivity index (χ0) is 17.9. The number of rotatable bonds is 6. The molecule has 6 heteroatoms. The van der Waals surface area contributed by atoms with Crippen LogP contribution in [0.1, 0.15) is 17.2 Å². The lowest BCUT2D eigenvalue weighted by atomic mass is 9.90. The lowest BCUT2D eigenvalue weighted by Gasteiger charge is -2.44. The maximum Gasteiger partial charge on any atom is 0.573 e. The van der Waals surface area contributed by atoms with Crippen LogP contribution >= 0.6 is 0 Å². The maximum absolute atomic E-state index is 12.3. The predicted octanol–water partition coefficient (Wildman–Crippen LogP) is 4.25. The summed E-state index contributed by atoms with van der Waals surface area (Å²) in [5.41, 5.74) is 2.06. The molecule has 1 heterocycles. The molecule has 1 saturated heterocycles. The van der Waals surface area contributed by atoms with Crippen LogP contribution < -0.4 is 4.74 Å². The Kier molecular flexibility index (Phi) is 5.30. The summed E-state index contributed by atoms with van der Waals surface area (Å²) in [5.74, 6) is 0.285. The number of likely N-dealkylation sites (tertiary alicyclic amines) is 1. The third kappa shape index (κ3) is 4.52. The van der Waals surface area contributed by atoms with E-state index in [1.165, 1.54) is 12.1 Å². The number of nitrogens with zero attached hydrogens (tertiary/aromatic N) is 1. The summed E-state index contributed by atoms with van der Waals surface area (Å²) in [5, 5.41) is 0. The molecule has 2 aromatic carbocycles. The number of alkyl halides is 3. The molecule has 1 fully saturated rings. The van der Waals surface area contributed by atoms with Crippen LogP contribution in [-0.4, -0.2) is 38.1 Å². The number of halogens is 3. The molecule has 0 amide bonds. The summed E-state index contributed by atoms with van der Waals surface area (Å²) in [6, 6.07) is 16.1. The van der Waals surface area contributed by atoms with Gasteiger partial charge < -0.3 is 9.47 Å². The maximum atomic E-state index is 12.3. The fourth-order valence-electron chi connectivity index (χ4n) is 3.26. The van der Waals surface area contributed by atoms with Crippen LogP contribution in [0.4, 0.5) is 13.2 Å². The van der Waals surface area contributed by atoms with Gasteiger partial charge in [0.2, 0.25) is 0 Å². The molecule has 1 atom stereocenters. The van der Waals surface area contributed by atoms with Gasteiger partial charge >= 0.3 is 6.36 Å². The van der Waals surface area contributed by atoms with E-state index in [1.54, 1.807) is 19.2 Å². The van der Waals surface area contributed by atoms with Crippen molar-refractivity contribution in [1.29, 1.82) is 0 Å². The van der Waals surface area contributed by atoms with Gasteiger partial charge in [0.25, 0.3) is 0 Å². The van der Waals surface area contributed by atoms with E-state index in [4.69, 9.17) is 4.74 Å². The highest BCUT2D eigenvalue weighted by molar-refractivity contribution is 5.36. The zero-order valence-corrected chi connectivity index (χ0v) is 13.9. The highest BCUT2D eigenvalue weighted by atomic mass is 19.4. The summed E-state index contributed by atoms with van der Waals surface area (Å²) in [7, 11) is 1.69. The van der Waals surface area contributed by atoms with Gasteiger partial charge in [-0.3, -0.25) is 4.90 Å². The molecular weight excluding hydrogens is 331 g/mol. The van der Waals surface area contributed by atoms with E-state index >= 15 is 0 Å². The highest BCUT2D eigenvalue weighted by Gasteiger charge is 2.34. The van der Waals surface area contributed by atoms with Crippen molar-refractivity contribution in [3.63, 3.8) is 0 Å². The molecule has 0 saturated carbocycles. The Labute approximate surface area is 145 Å². The fourth-order valence-corrected chi connectivity index (χ4v) is 3.26. The van der Waals surface area contributed by atoms with E-state index in [2.05, 4.69) is 9.64 Å². The van der Waals surface area contributed by atoms with Crippen LogP contribution in [0, 0.1) is 5.92 Å². The van der Waals surface area contributed by atoms with Crippen molar-refractivity contribution in [2.24, 2.45) is 5.92 Å². The van der Waals surface area contributed by atoms with Crippen LogP contribution in [-0.2, 0) is 4.74 Å². The highest BCUT2D eigenvalue weighted by Crippen LogP contribution is 2.35. The van der Waals surface area contributed by atoms with E-state index < -0.39 is 6.36 Å². The van der Waals surface area contributed by atoms with Gasteiger partial charge in [-0.2, -0.15) is 0 Å². The molecule has 2 aromatic rings. The summed E-state index contributed by atoms with van der Waals surface area (Å²) >= 11 is 0. The second-order valence-corrected chi connectivity index (χ2v) is 6.21. The summed E-state index contributed by atoms with van der Waals surface area (Å²) < 4.78 is 46.2. The van der Waals surface area contributed by atoms with Crippen molar-refractivity contribution in [1.82, 2.24) is 4.90 Å².